The van der Waals surface area contributed by atoms with Gasteiger partial charge in [0.2, 0.25) is 0 Å². The number of hydrogen-bond donors (Lipinski definition) is 3. The molecule has 0 aliphatic rings. The van der Waals surface area contributed by atoms with Crippen molar-refractivity contribution < 1.29 is 19.4 Å². The maximum atomic E-state index is 11.8. The third-order valence-electron chi connectivity index (χ3n) is 2.78. The molecule has 1 unspecified atom stereocenters. The number of anilines is 1. The Labute approximate surface area is 123 Å². The largest absolute Gasteiger partial charge is 0.478 e. The van der Waals surface area contributed by atoms with Crippen LogP contribution in [0.3, 0.4) is 0 Å². The maximum Gasteiger partial charge on any atom is 0.328 e. The molecule has 0 fully saturated rings. The summed E-state index contributed by atoms with van der Waals surface area (Å²) in [5.41, 5.74) is 1.38. The molecule has 0 spiro atoms. The van der Waals surface area contributed by atoms with Crippen molar-refractivity contribution in [2.24, 2.45) is 0 Å². The summed E-state index contributed by atoms with van der Waals surface area (Å²) in [6, 6.07) is 6.53. The van der Waals surface area contributed by atoms with E-state index in [1.807, 2.05) is 6.92 Å². The fourth-order valence-electron chi connectivity index (χ4n) is 1.66. The van der Waals surface area contributed by atoms with Gasteiger partial charge in [-0.3, -0.25) is 0 Å². The van der Waals surface area contributed by atoms with Crippen LogP contribution < -0.4 is 10.6 Å². The molecule has 0 aliphatic heterocycles. The van der Waals surface area contributed by atoms with E-state index in [1.54, 1.807) is 31.4 Å². The zero-order valence-electron chi connectivity index (χ0n) is 12.1. The second-order valence-electron chi connectivity index (χ2n) is 4.45. The first-order valence-corrected chi connectivity index (χ1v) is 6.62. The lowest BCUT2D eigenvalue weighted by Gasteiger charge is -2.16. The van der Waals surface area contributed by atoms with Gasteiger partial charge in [0.15, 0.2) is 0 Å². The minimum absolute atomic E-state index is 0.0345. The van der Waals surface area contributed by atoms with Crippen molar-refractivity contribution in [1.82, 2.24) is 5.32 Å². The van der Waals surface area contributed by atoms with Crippen molar-refractivity contribution >= 4 is 23.8 Å². The van der Waals surface area contributed by atoms with E-state index < -0.39 is 5.97 Å². The lowest BCUT2D eigenvalue weighted by atomic mass is 10.2. The van der Waals surface area contributed by atoms with Crippen LogP contribution in [0.1, 0.15) is 18.9 Å². The standard InChI is InChI=1S/C15H20N2O4/c1-3-12(10-21-2)16-15(20)17-13-7-4-11(5-8-13)6-9-14(18)19/h4-9,12H,3,10H2,1-2H3,(H,18,19)(H2,16,17,20). The van der Waals surface area contributed by atoms with Crippen molar-refractivity contribution in [2.75, 3.05) is 19.0 Å². The van der Waals surface area contributed by atoms with Crippen molar-refractivity contribution in [1.29, 1.82) is 0 Å². The van der Waals surface area contributed by atoms with Crippen molar-refractivity contribution in [3.8, 4) is 0 Å². The Morgan fingerprint density at radius 2 is 2.00 bits per heavy atom. The van der Waals surface area contributed by atoms with E-state index in [-0.39, 0.29) is 12.1 Å². The average molecular weight is 292 g/mol. The third-order valence-corrected chi connectivity index (χ3v) is 2.78. The number of methoxy groups -OCH3 is 1. The highest BCUT2D eigenvalue weighted by molar-refractivity contribution is 5.89. The summed E-state index contributed by atoms with van der Waals surface area (Å²) in [6.07, 6.45) is 3.32. The van der Waals surface area contributed by atoms with Gasteiger partial charge in [-0.1, -0.05) is 19.1 Å². The van der Waals surface area contributed by atoms with E-state index in [9.17, 15) is 9.59 Å². The quantitative estimate of drug-likeness (QED) is 0.673. The van der Waals surface area contributed by atoms with E-state index in [0.29, 0.717) is 12.3 Å². The second kappa shape index (κ2) is 8.76. The van der Waals surface area contributed by atoms with Gasteiger partial charge in [-0.25, -0.2) is 9.59 Å². The lowest BCUT2D eigenvalue weighted by Crippen LogP contribution is -2.40. The molecule has 0 saturated heterocycles. The summed E-state index contributed by atoms with van der Waals surface area (Å²) in [4.78, 5) is 22.2. The third kappa shape index (κ3) is 6.58. The second-order valence-corrected chi connectivity index (χ2v) is 4.45. The van der Waals surface area contributed by atoms with E-state index in [0.717, 1.165) is 18.1 Å². The van der Waals surface area contributed by atoms with Crippen LogP contribution in [-0.4, -0.2) is 36.9 Å². The highest BCUT2D eigenvalue weighted by Gasteiger charge is 2.09. The summed E-state index contributed by atoms with van der Waals surface area (Å²) in [5, 5.41) is 14.1. The van der Waals surface area contributed by atoms with Gasteiger partial charge >= 0.3 is 12.0 Å². The highest BCUT2D eigenvalue weighted by atomic mass is 16.5. The minimum atomic E-state index is -1.000. The molecular weight excluding hydrogens is 272 g/mol. The molecule has 0 radical (unpaired) electrons. The highest BCUT2D eigenvalue weighted by Crippen LogP contribution is 2.10. The molecule has 0 aromatic heterocycles. The lowest BCUT2D eigenvalue weighted by molar-refractivity contribution is -0.131. The first-order chi connectivity index (χ1) is 10.0. The predicted molar refractivity (Wildman–Crippen MR) is 81.2 cm³/mol. The summed E-state index contributed by atoms with van der Waals surface area (Å²) in [6.45, 7) is 2.43. The molecule has 1 aromatic carbocycles. The first kappa shape index (κ1) is 16.7. The Kier molecular flexibility index (Phi) is 6.97. The van der Waals surface area contributed by atoms with Crippen LogP contribution in [0.25, 0.3) is 6.08 Å². The number of carboxylic acids is 1. The number of carbonyl (C=O) groups is 2. The maximum absolute atomic E-state index is 11.8. The number of benzene rings is 1. The Hall–Kier alpha value is -2.34. The molecule has 1 rings (SSSR count). The van der Waals surface area contributed by atoms with Gasteiger partial charge in [0.05, 0.1) is 12.6 Å². The van der Waals surface area contributed by atoms with Crippen LogP contribution in [-0.2, 0) is 9.53 Å². The van der Waals surface area contributed by atoms with E-state index >= 15 is 0 Å². The Bertz CT molecular complexity index is 497. The van der Waals surface area contributed by atoms with Gasteiger partial charge in [-0.2, -0.15) is 0 Å². The molecule has 6 heteroatoms. The van der Waals surface area contributed by atoms with Gasteiger partial charge in [0.1, 0.15) is 0 Å². The zero-order valence-corrected chi connectivity index (χ0v) is 12.1. The van der Waals surface area contributed by atoms with E-state index in [4.69, 9.17) is 9.84 Å². The number of nitrogens with one attached hydrogen (secondary N) is 2. The molecular formula is C15H20N2O4. The van der Waals surface area contributed by atoms with Crippen LogP contribution in [0, 0.1) is 0 Å². The minimum Gasteiger partial charge on any atom is -0.478 e. The normalized spacial score (nSPS) is 12.1. The first-order valence-electron chi connectivity index (χ1n) is 6.62. The summed E-state index contributed by atoms with van der Waals surface area (Å²) >= 11 is 0. The Morgan fingerprint density at radius 3 is 2.52 bits per heavy atom. The average Bonchev–Trinajstić information content (AvgIpc) is 2.46. The van der Waals surface area contributed by atoms with Crippen LogP contribution in [0.15, 0.2) is 30.3 Å². The number of amides is 2. The molecule has 0 heterocycles. The van der Waals surface area contributed by atoms with E-state index in [2.05, 4.69) is 10.6 Å². The van der Waals surface area contributed by atoms with E-state index in [1.165, 1.54) is 6.08 Å². The van der Waals surface area contributed by atoms with Crippen LogP contribution in [0.2, 0.25) is 0 Å². The SMILES string of the molecule is CCC(COC)NC(=O)Nc1ccc(C=CC(=O)O)cc1. The molecule has 21 heavy (non-hydrogen) atoms. The van der Waals surface area contributed by atoms with Gasteiger partial charge < -0.3 is 20.5 Å². The summed E-state index contributed by atoms with van der Waals surface area (Å²) in [7, 11) is 1.59. The predicted octanol–water partition coefficient (Wildman–Crippen LogP) is 2.33. The molecule has 0 saturated carbocycles. The molecule has 1 atom stereocenters. The molecule has 2 amide bonds. The summed E-state index contributed by atoms with van der Waals surface area (Å²) < 4.78 is 5.01. The molecule has 6 nitrogen and oxygen atoms in total. The molecule has 1 aromatic rings. The number of ether oxygens (including phenoxy) is 1. The van der Waals surface area contributed by atoms with Crippen LogP contribution in [0.5, 0.6) is 0 Å². The molecule has 0 bridgehead atoms. The van der Waals surface area contributed by atoms with Gasteiger partial charge in [-0.05, 0) is 30.2 Å². The Balaban J connectivity index is 2.55. The zero-order chi connectivity index (χ0) is 15.7. The van der Waals surface area contributed by atoms with Gasteiger partial charge in [-0.15, -0.1) is 0 Å². The summed E-state index contributed by atoms with van der Waals surface area (Å²) in [5.74, 6) is -1.000. The van der Waals surface area contributed by atoms with Gasteiger partial charge in [0, 0.05) is 18.9 Å². The number of carbonyl (C=O) groups excluding carboxylic acids is 1. The van der Waals surface area contributed by atoms with Crippen LogP contribution >= 0.6 is 0 Å². The smallest absolute Gasteiger partial charge is 0.328 e. The Morgan fingerprint density at radius 1 is 1.33 bits per heavy atom. The topological polar surface area (TPSA) is 87.7 Å². The van der Waals surface area contributed by atoms with Gasteiger partial charge in [0.25, 0.3) is 0 Å². The fraction of sp³-hybridized carbons (Fsp3) is 0.333. The molecule has 114 valence electrons. The van der Waals surface area contributed by atoms with Crippen LogP contribution in [0.4, 0.5) is 10.5 Å². The number of rotatable bonds is 7. The van der Waals surface area contributed by atoms with Crippen molar-refractivity contribution in [3.63, 3.8) is 0 Å². The van der Waals surface area contributed by atoms with Crippen molar-refractivity contribution in [3.05, 3.63) is 35.9 Å². The fourth-order valence-corrected chi connectivity index (χ4v) is 1.66. The monoisotopic (exact) mass is 292 g/mol. The van der Waals surface area contributed by atoms with Crippen molar-refractivity contribution in [2.45, 2.75) is 19.4 Å². The number of urea groups is 1. The number of aliphatic carboxylic acids is 1. The number of hydrogen-bond acceptors (Lipinski definition) is 3. The molecule has 0 aliphatic carbocycles. The molecule has 3 N–H and O–H groups in total. The number of carboxylic acid groups (broad SMARTS) is 1.